The lowest BCUT2D eigenvalue weighted by Crippen LogP contribution is -2.49. The van der Waals surface area contributed by atoms with Crippen molar-refractivity contribution in [1.82, 2.24) is 10.2 Å². The van der Waals surface area contributed by atoms with Crippen LogP contribution in [0, 0.1) is 0 Å². The topological polar surface area (TPSA) is 79.0 Å². The van der Waals surface area contributed by atoms with Crippen molar-refractivity contribution in [3.8, 4) is 0 Å². The largest absolute Gasteiger partial charge is 0.444 e. The number of urea groups is 1. The summed E-state index contributed by atoms with van der Waals surface area (Å²) in [6, 6.07) is 7.31. The standard InChI is InChI=1S/C20H25N3O4/c1-20(2,3)27-19(26)22-11-8-15(9-12-22)14-4-6-16(7-5-14)23-13-10-17(24)21-18(23)25/h4-8H,9-13H2,1-3H3,(H,21,24,25). The molecule has 0 saturated carbocycles. The lowest BCUT2D eigenvalue weighted by atomic mass is 9.99. The van der Waals surface area contributed by atoms with Gasteiger partial charge >= 0.3 is 12.1 Å². The van der Waals surface area contributed by atoms with Crippen molar-refractivity contribution in [3.63, 3.8) is 0 Å². The highest BCUT2D eigenvalue weighted by Crippen LogP contribution is 2.26. The summed E-state index contributed by atoms with van der Waals surface area (Å²) in [6.45, 7) is 7.09. The molecule has 144 valence electrons. The molecule has 2 aliphatic heterocycles. The van der Waals surface area contributed by atoms with Crippen LogP contribution in [0.5, 0.6) is 0 Å². The first kappa shape index (κ1) is 18.9. The first-order valence-corrected chi connectivity index (χ1v) is 9.12. The van der Waals surface area contributed by atoms with Gasteiger partial charge in [-0.15, -0.1) is 0 Å². The smallest absolute Gasteiger partial charge is 0.410 e. The molecule has 7 nitrogen and oxygen atoms in total. The summed E-state index contributed by atoms with van der Waals surface area (Å²) in [7, 11) is 0. The summed E-state index contributed by atoms with van der Waals surface area (Å²) in [6.07, 6.45) is 2.80. The molecule has 2 heterocycles. The predicted molar refractivity (Wildman–Crippen MR) is 102 cm³/mol. The fraction of sp³-hybridized carbons (Fsp3) is 0.450. The molecule has 1 N–H and O–H groups in total. The zero-order chi connectivity index (χ0) is 19.6. The molecule has 1 aromatic rings. The molecule has 4 amide bonds. The van der Waals surface area contributed by atoms with Gasteiger partial charge in [0.25, 0.3) is 0 Å². The second kappa shape index (κ2) is 7.42. The second-order valence-electron chi connectivity index (χ2n) is 7.71. The molecule has 1 saturated heterocycles. The number of nitrogens with one attached hydrogen (secondary N) is 1. The Labute approximate surface area is 159 Å². The lowest BCUT2D eigenvalue weighted by Gasteiger charge is -2.30. The van der Waals surface area contributed by atoms with Gasteiger partial charge in [0.15, 0.2) is 0 Å². The zero-order valence-corrected chi connectivity index (χ0v) is 15.9. The molecule has 1 aromatic carbocycles. The van der Waals surface area contributed by atoms with Crippen molar-refractivity contribution in [2.24, 2.45) is 0 Å². The van der Waals surface area contributed by atoms with E-state index in [9.17, 15) is 14.4 Å². The molecular weight excluding hydrogens is 346 g/mol. The zero-order valence-electron chi connectivity index (χ0n) is 15.9. The Bertz CT molecular complexity index is 777. The number of rotatable bonds is 2. The number of carbonyl (C=O) groups excluding carboxylic acids is 3. The van der Waals surface area contributed by atoms with Crippen molar-refractivity contribution in [2.45, 2.75) is 39.2 Å². The van der Waals surface area contributed by atoms with E-state index in [2.05, 4.69) is 5.32 Å². The molecule has 3 rings (SSSR count). The van der Waals surface area contributed by atoms with Crippen molar-refractivity contribution >= 4 is 29.3 Å². The van der Waals surface area contributed by atoms with E-state index in [0.29, 0.717) is 26.1 Å². The quantitative estimate of drug-likeness (QED) is 0.866. The van der Waals surface area contributed by atoms with Gasteiger partial charge in [0, 0.05) is 31.7 Å². The molecule has 0 aliphatic carbocycles. The highest BCUT2D eigenvalue weighted by molar-refractivity contribution is 6.05. The second-order valence-corrected chi connectivity index (χ2v) is 7.71. The summed E-state index contributed by atoms with van der Waals surface area (Å²) >= 11 is 0. The Morgan fingerprint density at radius 3 is 2.33 bits per heavy atom. The van der Waals surface area contributed by atoms with E-state index in [0.717, 1.165) is 17.7 Å². The van der Waals surface area contributed by atoms with Gasteiger partial charge in [-0.3, -0.25) is 15.0 Å². The average molecular weight is 371 g/mol. The Morgan fingerprint density at radius 2 is 1.78 bits per heavy atom. The summed E-state index contributed by atoms with van der Waals surface area (Å²) in [5, 5.41) is 2.32. The molecule has 0 aromatic heterocycles. The molecule has 2 aliphatic rings. The lowest BCUT2D eigenvalue weighted by molar-refractivity contribution is -0.120. The van der Waals surface area contributed by atoms with Crippen LogP contribution in [0.2, 0.25) is 0 Å². The molecule has 1 fully saturated rings. The van der Waals surface area contributed by atoms with Crippen LogP contribution in [-0.2, 0) is 9.53 Å². The summed E-state index contributed by atoms with van der Waals surface area (Å²) in [4.78, 5) is 38.6. The fourth-order valence-corrected chi connectivity index (χ4v) is 3.09. The monoisotopic (exact) mass is 371 g/mol. The summed E-state index contributed by atoms with van der Waals surface area (Å²) in [5.74, 6) is -0.241. The first-order chi connectivity index (χ1) is 12.7. The minimum absolute atomic E-state index is 0.241. The van der Waals surface area contributed by atoms with Crippen LogP contribution in [0.25, 0.3) is 5.57 Å². The first-order valence-electron chi connectivity index (χ1n) is 9.12. The van der Waals surface area contributed by atoms with Gasteiger partial charge in [0.1, 0.15) is 5.60 Å². The number of imide groups is 1. The van der Waals surface area contributed by atoms with Crippen LogP contribution in [0.15, 0.2) is 30.3 Å². The van der Waals surface area contributed by atoms with Crippen LogP contribution in [0.1, 0.15) is 39.2 Å². The number of nitrogens with zero attached hydrogens (tertiary/aromatic N) is 2. The van der Waals surface area contributed by atoms with Gasteiger partial charge in [-0.25, -0.2) is 9.59 Å². The molecule has 0 radical (unpaired) electrons. The predicted octanol–water partition coefficient (Wildman–Crippen LogP) is 3.16. The van der Waals surface area contributed by atoms with Gasteiger partial charge in [-0.05, 0) is 50.5 Å². The Kier molecular flexibility index (Phi) is 5.21. The van der Waals surface area contributed by atoms with Crippen molar-refractivity contribution < 1.29 is 19.1 Å². The van der Waals surface area contributed by atoms with Gasteiger partial charge in [-0.1, -0.05) is 18.2 Å². The van der Waals surface area contributed by atoms with E-state index < -0.39 is 5.60 Å². The minimum Gasteiger partial charge on any atom is -0.444 e. The maximum atomic E-state index is 12.1. The van der Waals surface area contributed by atoms with Gasteiger partial charge < -0.3 is 9.64 Å². The number of benzene rings is 1. The Morgan fingerprint density at radius 1 is 1.07 bits per heavy atom. The average Bonchev–Trinajstić information content (AvgIpc) is 2.61. The van der Waals surface area contributed by atoms with E-state index in [1.807, 2.05) is 51.1 Å². The maximum Gasteiger partial charge on any atom is 0.410 e. The van der Waals surface area contributed by atoms with Gasteiger partial charge in [-0.2, -0.15) is 0 Å². The van der Waals surface area contributed by atoms with Gasteiger partial charge in [0.2, 0.25) is 5.91 Å². The molecular formula is C20H25N3O4. The van der Waals surface area contributed by atoms with Crippen molar-refractivity contribution in [3.05, 3.63) is 35.9 Å². The number of amides is 4. The van der Waals surface area contributed by atoms with E-state index in [1.54, 1.807) is 9.80 Å². The SMILES string of the molecule is CC(C)(C)OC(=O)N1CC=C(c2ccc(N3CCC(=O)NC3=O)cc2)CC1. The molecule has 0 spiro atoms. The summed E-state index contributed by atoms with van der Waals surface area (Å²) < 4.78 is 5.41. The number of hydrogen-bond acceptors (Lipinski definition) is 4. The normalized spacial score (nSPS) is 18.1. The molecule has 0 bridgehead atoms. The minimum atomic E-state index is -0.498. The van der Waals surface area contributed by atoms with Crippen molar-refractivity contribution in [2.75, 3.05) is 24.5 Å². The maximum absolute atomic E-state index is 12.1. The highest BCUT2D eigenvalue weighted by Gasteiger charge is 2.25. The third-order valence-corrected chi connectivity index (χ3v) is 4.46. The third-order valence-electron chi connectivity index (χ3n) is 4.46. The van der Waals surface area contributed by atoms with E-state index in [-0.39, 0.29) is 18.0 Å². The number of hydrogen-bond donors (Lipinski definition) is 1. The van der Waals surface area contributed by atoms with Crippen molar-refractivity contribution in [1.29, 1.82) is 0 Å². The molecule has 0 unspecified atom stereocenters. The van der Waals surface area contributed by atoms with E-state index >= 15 is 0 Å². The number of carbonyl (C=O) groups is 3. The molecule has 0 atom stereocenters. The van der Waals surface area contributed by atoms with Crippen LogP contribution >= 0.6 is 0 Å². The fourth-order valence-electron chi connectivity index (χ4n) is 3.09. The highest BCUT2D eigenvalue weighted by atomic mass is 16.6. The van der Waals surface area contributed by atoms with Gasteiger partial charge in [0.05, 0.1) is 0 Å². The van der Waals surface area contributed by atoms with Crippen LogP contribution in [0.3, 0.4) is 0 Å². The van der Waals surface area contributed by atoms with E-state index in [4.69, 9.17) is 4.74 Å². The van der Waals surface area contributed by atoms with Crippen LogP contribution < -0.4 is 10.2 Å². The third kappa shape index (κ3) is 4.67. The Hall–Kier alpha value is -2.83. The number of ether oxygens (including phenoxy) is 1. The molecule has 7 heteroatoms. The molecule has 27 heavy (non-hydrogen) atoms. The summed E-state index contributed by atoms with van der Waals surface area (Å²) in [5.41, 5.74) is 2.49. The Balaban J connectivity index is 1.64. The van der Waals surface area contributed by atoms with Crippen LogP contribution in [-0.4, -0.2) is 48.2 Å². The number of anilines is 1. The van der Waals surface area contributed by atoms with E-state index in [1.165, 1.54) is 5.57 Å². The van der Waals surface area contributed by atoms with Crippen LogP contribution in [0.4, 0.5) is 15.3 Å².